The minimum atomic E-state index is -4.49. The SMILES string of the molecule is CC[C@H](C)[C@@H]1NC(=O)[C@H](C)N(CC)C(=O)C[C@@H](C)NC(=O)[C@H](C(C)C)N(C)C(=O)C2(CCCC2)NC(=O)[C@@H]2CCCN2C(=O)[C@H](CCC2CCC(C(F)(F)F)C(Cl)C2)NC(=O)CN(C)C(=O)[C@H](CC2CCCCC2)N(C)C(=O)CN(C)C(=O)CN(C)C1=O. The molecular weight excluding hydrogens is 1170 g/mol. The number of amides is 11. The maximum absolute atomic E-state index is 15.0. The summed E-state index contributed by atoms with van der Waals surface area (Å²) in [6, 6.07) is -7.57. The average molecular weight is 1270 g/mol. The molecule has 3 saturated carbocycles. The van der Waals surface area contributed by atoms with Gasteiger partial charge < -0.3 is 55.6 Å². The van der Waals surface area contributed by atoms with Gasteiger partial charge in [-0.2, -0.15) is 13.2 Å². The number of rotatable bonds is 9. The van der Waals surface area contributed by atoms with Crippen molar-refractivity contribution >= 4 is 76.6 Å². The number of nitrogens with one attached hydrogen (secondary N) is 4. The van der Waals surface area contributed by atoms with Crippen molar-refractivity contribution in [2.24, 2.45) is 29.6 Å². The van der Waals surface area contributed by atoms with Crippen LogP contribution >= 0.6 is 11.6 Å². The van der Waals surface area contributed by atoms with Crippen LogP contribution in [-0.4, -0.2) is 227 Å². The lowest BCUT2D eigenvalue weighted by molar-refractivity contribution is -0.182. The van der Waals surface area contributed by atoms with Crippen molar-refractivity contribution in [3.8, 4) is 0 Å². The smallest absolute Gasteiger partial charge is 0.351 e. The van der Waals surface area contributed by atoms with Crippen molar-refractivity contribution in [1.29, 1.82) is 0 Å². The summed E-state index contributed by atoms with van der Waals surface area (Å²) in [5.41, 5.74) is -1.47. The van der Waals surface area contributed by atoms with E-state index in [2.05, 4.69) is 21.3 Å². The molecule has 3 unspecified atom stereocenters. The second kappa shape index (κ2) is 32.3. The molecule has 88 heavy (non-hydrogen) atoms. The minimum absolute atomic E-state index is 0.0151. The molecule has 0 aromatic carbocycles. The van der Waals surface area contributed by atoms with Gasteiger partial charge >= 0.3 is 6.18 Å². The molecule has 2 saturated heterocycles. The molecule has 5 rings (SSSR count). The summed E-state index contributed by atoms with van der Waals surface area (Å²) in [7, 11) is 7.11. The lowest BCUT2D eigenvalue weighted by Crippen LogP contribution is -2.64. The highest BCUT2D eigenvalue weighted by Crippen LogP contribution is 2.44. The number of alkyl halides is 4. The first-order chi connectivity index (χ1) is 41.3. The molecule has 1 spiro atoms. The fourth-order valence-electron chi connectivity index (χ4n) is 13.8. The van der Waals surface area contributed by atoms with Crippen LogP contribution in [0.15, 0.2) is 0 Å². The summed E-state index contributed by atoms with van der Waals surface area (Å²) in [6.45, 7) is 10.6. The van der Waals surface area contributed by atoms with Gasteiger partial charge in [-0.15, -0.1) is 11.6 Å². The predicted octanol–water partition coefficient (Wildman–Crippen LogP) is 4.59. The van der Waals surface area contributed by atoms with E-state index in [1.54, 1.807) is 34.6 Å². The van der Waals surface area contributed by atoms with E-state index in [1.165, 1.54) is 61.8 Å². The number of hydrogen-bond acceptors (Lipinski definition) is 11. The van der Waals surface area contributed by atoms with Crippen molar-refractivity contribution in [1.82, 2.24) is 55.6 Å². The largest absolute Gasteiger partial charge is 0.393 e. The van der Waals surface area contributed by atoms with Gasteiger partial charge in [-0.25, -0.2) is 0 Å². The maximum Gasteiger partial charge on any atom is 0.393 e. The third-order valence-electron chi connectivity index (χ3n) is 19.4. The lowest BCUT2D eigenvalue weighted by atomic mass is 9.78. The molecule has 3 aliphatic carbocycles. The fraction of sp³-hybridized carbons (Fsp3) is 0.823. The zero-order chi connectivity index (χ0) is 65.7. The van der Waals surface area contributed by atoms with Gasteiger partial charge in [-0.1, -0.05) is 79.1 Å². The minimum Gasteiger partial charge on any atom is -0.351 e. The lowest BCUT2D eigenvalue weighted by Gasteiger charge is -2.39. The van der Waals surface area contributed by atoms with Gasteiger partial charge in [0.25, 0.3) is 0 Å². The monoisotopic (exact) mass is 1270 g/mol. The van der Waals surface area contributed by atoms with Crippen LogP contribution in [0.1, 0.15) is 170 Å². The van der Waals surface area contributed by atoms with E-state index in [-0.39, 0.29) is 89.1 Å². The average Bonchev–Trinajstić information content (AvgIpc) is 2.59. The highest BCUT2D eigenvalue weighted by atomic mass is 35.5. The molecule has 0 aromatic rings. The summed E-state index contributed by atoms with van der Waals surface area (Å²) < 4.78 is 41.6. The van der Waals surface area contributed by atoms with Crippen LogP contribution in [0.3, 0.4) is 0 Å². The van der Waals surface area contributed by atoms with E-state index in [1.807, 2.05) is 6.92 Å². The Labute approximate surface area is 523 Å². The Kier molecular flexibility index (Phi) is 26.8. The van der Waals surface area contributed by atoms with E-state index in [0.717, 1.165) is 46.8 Å². The zero-order valence-corrected chi connectivity index (χ0v) is 54.9. The zero-order valence-electron chi connectivity index (χ0n) is 54.1. The van der Waals surface area contributed by atoms with Gasteiger partial charge in [0.05, 0.1) is 25.6 Å². The number of carbonyl (C=O) groups excluding carboxylic acids is 11. The molecule has 4 N–H and O–H groups in total. The number of nitrogens with zero attached hydrogens (tertiary/aromatic N) is 7. The van der Waals surface area contributed by atoms with Gasteiger partial charge in [0.1, 0.15) is 41.8 Å². The van der Waals surface area contributed by atoms with Crippen LogP contribution in [0.2, 0.25) is 0 Å². The van der Waals surface area contributed by atoms with E-state index in [4.69, 9.17) is 11.6 Å². The van der Waals surface area contributed by atoms with Crippen LogP contribution in [0.4, 0.5) is 13.2 Å². The molecule has 0 bridgehead atoms. The van der Waals surface area contributed by atoms with Crippen molar-refractivity contribution in [2.75, 3.05) is 68.0 Å². The van der Waals surface area contributed by atoms with Crippen molar-refractivity contribution < 1.29 is 65.9 Å². The number of hydrogen-bond donors (Lipinski definition) is 4. The normalized spacial score (nSPS) is 30.2. The van der Waals surface area contributed by atoms with Crippen LogP contribution in [0, 0.1) is 29.6 Å². The molecule has 22 nitrogen and oxygen atoms in total. The van der Waals surface area contributed by atoms with Gasteiger partial charge in [-0.05, 0) is 109 Å². The van der Waals surface area contributed by atoms with Gasteiger partial charge in [0.15, 0.2) is 0 Å². The van der Waals surface area contributed by atoms with E-state index < -0.39 is 162 Å². The van der Waals surface area contributed by atoms with Crippen LogP contribution in [-0.2, 0) is 52.7 Å². The van der Waals surface area contributed by atoms with Gasteiger partial charge in [0, 0.05) is 66.2 Å². The molecule has 26 heteroatoms. The molecule has 498 valence electrons. The molecule has 2 heterocycles. The first-order valence-electron chi connectivity index (χ1n) is 32.1. The van der Waals surface area contributed by atoms with E-state index in [9.17, 15) is 61.1 Å². The molecule has 5 fully saturated rings. The molecule has 11 atom stereocenters. The quantitative estimate of drug-likeness (QED) is 0.232. The molecule has 2 aliphatic heterocycles. The predicted molar refractivity (Wildman–Crippen MR) is 324 cm³/mol. The van der Waals surface area contributed by atoms with Crippen molar-refractivity contribution in [3.63, 3.8) is 0 Å². The second-order valence-electron chi connectivity index (χ2n) is 26.4. The molecule has 0 radical (unpaired) electrons. The van der Waals surface area contributed by atoms with E-state index in [0.29, 0.717) is 25.7 Å². The second-order valence-corrected chi connectivity index (χ2v) is 26.9. The number of halogens is 4. The van der Waals surface area contributed by atoms with Crippen LogP contribution in [0.5, 0.6) is 0 Å². The maximum atomic E-state index is 15.0. The Bertz CT molecular complexity index is 2500. The highest BCUT2D eigenvalue weighted by Gasteiger charge is 2.50. The fourth-order valence-corrected chi connectivity index (χ4v) is 14.3. The number of likely N-dealkylation sites (N-methyl/N-ethyl adjacent to an activating group) is 6. The highest BCUT2D eigenvalue weighted by molar-refractivity contribution is 6.20. The summed E-state index contributed by atoms with van der Waals surface area (Å²) in [5.74, 6) is -9.50. The van der Waals surface area contributed by atoms with Crippen LogP contribution < -0.4 is 21.3 Å². The molecular formula is C62H101ClF3N11O11. The number of carbonyl (C=O) groups is 11. The van der Waals surface area contributed by atoms with Crippen LogP contribution in [0.25, 0.3) is 0 Å². The van der Waals surface area contributed by atoms with E-state index >= 15 is 4.79 Å². The summed E-state index contributed by atoms with van der Waals surface area (Å²) in [4.78, 5) is 167. The third-order valence-corrected chi connectivity index (χ3v) is 19.9. The van der Waals surface area contributed by atoms with Crippen molar-refractivity contribution in [2.45, 2.75) is 230 Å². The Morgan fingerprint density at radius 1 is 0.636 bits per heavy atom. The first kappa shape index (κ1) is 73.0. The summed E-state index contributed by atoms with van der Waals surface area (Å²) >= 11 is 6.35. The van der Waals surface area contributed by atoms with Gasteiger partial charge in [-0.3, -0.25) is 52.7 Å². The standard InChI is InChI=1S/C62H101ClF3N11O11/c1-13-38(5)52-59(87)73(10)35-50(80)71(8)36-51(81)74(11)47(33-41-21-16-15-17-22-41)58(86)72(9)34-48(78)68-45(27-25-42-24-26-43(44(63)32-42)62(64,65)66)57(85)77-30-20-23-46(77)55(83)70-61(28-18-19-29-61)60(88)75(12)53(37(3)4)56(84)67-39(6)31-49(79)76(14-2)40(7)54(82)69-52/h37-47,52-53H,13-36H2,1-12H3,(H,67,84)(H,68,78)(H,69,82)(H,70,83)/t38-,39+,40-,42?,43?,44?,45-,46-,47-,52-,53-/m0/s1. The topological polar surface area (TPSA) is 259 Å². The molecule has 11 amide bonds. The Morgan fingerprint density at radius 2 is 1.26 bits per heavy atom. The Balaban J connectivity index is 1.51. The first-order valence-corrected chi connectivity index (χ1v) is 32.5. The summed E-state index contributed by atoms with van der Waals surface area (Å²) in [6.07, 6.45) is 2.70. The molecule has 0 aromatic heterocycles. The molecule has 5 aliphatic rings. The number of fused-ring (bicyclic) bond motifs is 1. The Hall–Kier alpha value is -5.75. The third kappa shape index (κ3) is 18.7. The summed E-state index contributed by atoms with van der Waals surface area (Å²) in [5, 5.41) is 10.3. The van der Waals surface area contributed by atoms with Gasteiger partial charge in [0.2, 0.25) is 65.0 Å². The van der Waals surface area contributed by atoms with Crippen molar-refractivity contribution in [3.05, 3.63) is 0 Å². The Morgan fingerprint density at radius 3 is 1.85 bits per heavy atom.